The first-order chi connectivity index (χ1) is 9.18. The van der Waals surface area contributed by atoms with E-state index in [-0.39, 0.29) is 15.5 Å². The predicted octanol–water partition coefficient (Wildman–Crippen LogP) is 3.29. The number of thiazole rings is 1. The third-order valence-electron chi connectivity index (χ3n) is 2.50. The van der Waals surface area contributed by atoms with Gasteiger partial charge in [-0.1, -0.05) is 32.4 Å². The van der Waals surface area contributed by atoms with Crippen LogP contribution in [0.4, 0.5) is 5.13 Å². The molecular weight excluding hydrogens is 318 g/mol. The summed E-state index contributed by atoms with van der Waals surface area (Å²) in [4.78, 5) is 8.10. The molecule has 20 heavy (non-hydrogen) atoms. The summed E-state index contributed by atoms with van der Waals surface area (Å²) in [6, 6.07) is 2.83. The second-order valence-electron chi connectivity index (χ2n) is 5.21. The van der Waals surface area contributed by atoms with Gasteiger partial charge in [0.15, 0.2) is 5.13 Å². The maximum absolute atomic E-state index is 12.1. The van der Waals surface area contributed by atoms with Gasteiger partial charge in [0.05, 0.1) is 5.69 Å². The van der Waals surface area contributed by atoms with Crippen LogP contribution in [0, 0.1) is 0 Å². The Morgan fingerprint density at radius 2 is 2.00 bits per heavy atom. The van der Waals surface area contributed by atoms with Crippen molar-refractivity contribution in [3.05, 3.63) is 34.6 Å². The lowest BCUT2D eigenvalue weighted by molar-refractivity contribution is 0.573. The molecule has 2 aromatic heterocycles. The molecule has 0 spiro atoms. The number of halogens is 1. The highest BCUT2D eigenvalue weighted by Crippen LogP contribution is 2.27. The van der Waals surface area contributed by atoms with Gasteiger partial charge in [-0.3, -0.25) is 4.72 Å². The van der Waals surface area contributed by atoms with E-state index in [0.717, 1.165) is 5.69 Å². The van der Waals surface area contributed by atoms with Gasteiger partial charge < -0.3 is 0 Å². The van der Waals surface area contributed by atoms with E-state index < -0.39 is 10.0 Å². The number of pyridine rings is 1. The minimum Gasteiger partial charge on any atom is -0.255 e. The maximum Gasteiger partial charge on any atom is 0.265 e. The zero-order valence-electron chi connectivity index (χ0n) is 11.2. The Morgan fingerprint density at radius 1 is 1.30 bits per heavy atom. The zero-order valence-corrected chi connectivity index (χ0v) is 13.6. The number of aromatic nitrogens is 2. The van der Waals surface area contributed by atoms with Crippen molar-refractivity contribution in [2.75, 3.05) is 4.72 Å². The molecule has 0 aliphatic heterocycles. The number of sulfonamides is 1. The van der Waals surface area contributed by atoms with Crippen molar-refractivity contribution in [1.82, 2.24) is 9.97 Å². The molecule has 1 N–H and O–H groups in total. The van der Waals surface area contributed by atoms with Crippen LogP contribution in [-0.2, 0) is 15.4 Å². The first-order valence-corrected chi connectivity index (χ1v) is 8.53. The fraction of sp³-hybridized carbons (Fsp3) is 0.333. The summed E-state index contributed by atoms with van der Waals surface area (Å²) in [6.07, 6.45) is 1.21. The Hall–Kier alpha value is -1.18. The van der Waals surface area contributed by atoms with Crippen molar-refractivity contribution >= 4 is 38.1 Å². The average molecular weight is 332 g/mol. The average Bonchev–Trinajstić information content (AvgIpc) is 2.77. The smallest absolute Gasteiger partial charge is 0.255 e. The summed E-state index contributed by atoms with van der Waals surface area (Å²) in [7, 11) is -3.69. The third kappa shape index (κ3) is 3.47. The summed E-state index contributed by atoms with van der Waals surface area (Å²) < 4.78 is 26.7. The van der Waals surface area contributed by atoms with Crippen molar-refractivity contribution < 1.29 is 8.42 Å². The minimum absolute atomic E-state index is 0.0504. The van der Waals surface area contributed by atoms with Gasteiger partial charge in [-0.15, -0.1) is 11.3 Å². The van der Waals surface area contributed by atoms with E-state index in [1.807, 2.05) is 26.2 Å². The van der Waals surface area contributed by atoms with Gasteiger partial charge in [0.2, 0.25) is 0 Å². The molecule has 0 fully saturated rings. The van der Waals surface area contributed by atoms with Crippen LogP contribution in [0.1, 0.15) is 26.5 Å². The first kappa shape index (κ1) is 15.2. The van der Waals surface area contributed by atoms with Crippen LogP contribution in [0.5, 0.6) is 0 Å². The van der Waals surface area contributed by atoms with Crippen LogP contribution in [0.3, 0.4) is 0 Å². The summed E-state index contributed by atoms with van der Waals surface area (Å²) in [6.45, 7) is 6.05. The van der Waals surface area contributed by atoms with Crippen molar-refractivity contribution in [3.63, 3.8) is 0 Å². The Morgan fingerprint density at radius 3 is 2.50 bits per heavy atom. The molecule has 0 atom stereocenters. The molecule has 0 aromatic carbocycles. The van der Waals surface area contributed by atoms with Crippen LogP contribution in [0.2, 0.25) is 5.15 Å². The lowest BCUT2D eigenvalue weighted by atomic mass is 9.93. The van der Waals surface area contributed by atoms with E-state index in [1.165, 1.54) is 29.7 Å². The van der Waals surface area contributed by atoms with Crippen LogP contribution < -0.4 is 4.72 Å². The molecule has 0 aliphatic rings. The Bertz CT molecular complexity index is 703. The Kier molecular flexibility index (Phi) is 4.04. The van der Waals surface area contributed by atoms with Gasteiger partial charge in [-0.25, -0.2) is 18.4 Å². The van der Waals surface area contributed by atoms with Crippen molar-refractivity contribution in [1.29, 1.82) is 0 Å². The number of nitrogens with one attached hydrogen (secondary N) is 1. The molecule has 5 nitrogen and oxygen atoms in total. The topological polar surface area (TPSA) is 72.0 Å². The van der Waals surface area contributed by atoms with E-state index in [0.29, 0.717) is 5.13 Å². The van der Waals surface area contributed by atoms with Crippen molar-refractivity contribution in [2.24, 2.45) is 0 Å². The molecule has 0 bridgehead atoms. The quantitative estimate of drug-likeness (QED) is 0.876. The van der Waals surface area contributed by atoms with Crippen LogP contribution in [0.15, 0.2) is 28.6 Å². The van der Waals surface area contributed by atoms with Crippen molar-refractivity contribution in [2.45, 2.75) is 31.1 Å². The number of rotatable bonds is 3. The minimum atomic E-state index is -3.69. The number of nitrogens with zero attached hydrogens (tertiary/aromatic N) is 2. The fourth-order valence-corrected chi connectivity index (χ4v) is 3.61. The highest BCUT2D eigenvalue weighted by atomic mass is 35.5. The summed E-state index contributed by atoms with van der Waals surface area (Å²) >= 11 is 6.89. The van der Waals surface area contributed by atoms with Gasteiger partial charge in [-0.2, -0.15) is 0 Å². The molecule has 0 saturated carbocycles. The summed E-state index contributed by atoms with van der Waals surface area (Å²) in [5, 5.41) is 2.43. The van der Waals surface area contributed by atoms with Gasteiger partial charge in [0.25, 0.3) is 10.0 Å². The molecule has 0 amide bonds. The van der Waals surface area contributed by atoms with Crippen molar-refractivity contribution in [3.8, 4) is 0 Å². The van der Waals surface area contributed by atoms with E-state index in [9.17, 15) is 8.42 Å². The van der Waals surface area contributed by atoms with Gasteiger partial charge in [0.1, 0.15) is 10.0 Å². The van der Waals surface area contributed by atoms with Gasteiger partial charge in [0, 0.05) is 17.0 Å². The highest BCUT2D eigenvalue weighted by Gasteiger charge is 2.20. The molecule has 0 saturated heterocycles. The normalized spacial score (nSPS) is 12.4. The fourth-order valence-electron chi connectivity index (χ4n) is 1.36. The largest absolute Gasteiger partial charge is 0.265 e. The van der Waals surface area contributed by atoms with Gasteiger partial charge >= 0.3 is 0 Å². The van der Waals surface area contributed by atoms with E-state index in [2.05, 4.69) is 14.7 Å². The molecule has 0 radical (unpaired) electrons. The van der Waals surface area contributed by atoms with Crippen LogP contribution >= 0.6 is 22.9 Å². The van der Waals surface area contributed by atoms with E-state index >= 15 is 0 Å². The zero-order chi connectivity index (χ0) is 15.0. The second kappa shape index (κ2) is 5.31. The Labute approximate surface area is 127 Å². The van der Waals surface area contributed by atoms with Gasteiger partial charge in [-0.05, 0) is 12.1 Å². The number of hydrogen-bond acceptors (Lipinski definition) is 5. The molecule has 2 heterocycles. The summed E-state index contributed by atoms with van der Waals surface area (Å²) in [5.41, 5.74) is 0.719. The molecule has 2 aromatic rings. The SMILES string of the molecule is CC(C)(C)c1csc(NS(=O)(=O)c2ccc(Cl)nc2)n1. The molecule has 0 aliphatic carbocycles. The predicted molar refractivity (Wildman–Crippen MR) is 80.9 cm³/mol. The maximum atomic E-state index is 12.1. The second-order valence-corrected chi connectivity index (χ2v) is 8.14. The molecule has 8 heteroatoms. The number of hydrogen-bond donors (Lipinski definition) is 1. The van der Waals surface area contributed by atoms with Crippen LogP contribution in [-0.4, -0.2) is 18.4 Å². The molecular formula is C12H14ClN3O2S2. The van der Waals surface area contributed by atoms with E-state index in [1.54, 1.807) is 0 Å². The lowest BCUT2D eigenvalue weighted by Crippen LogP contribution is -2.15. The Balaban J connectivity index is 2.25. The summed E-state index contributed by atoms with van der Waals surface area (Å²) in [5.74, 6) is 0. The monoisotopic (exact) mass is 331 g/mol. The van der Waals surface area contributed by atoms with Crippen LogP contribution in [0.25, 0.3) is 0 Å². The highest BCUT2D eigenvalue weighted by molar-refractivity contribution is 7.93. The molecule has 0 unspecified atom stereocenters. The lowest BCUT2D eigenvalue weighted by Gasteiger charge is -2.14. The first-order valence-electron chi connectivity index (χ1n) is 5.79. The molecule has 2 rings (SSSR count). The standard InChI is InChI=1S/C12H14ClN3O2S2/c1-12(2,3)9-7-19-11(15-9)16-20(17,18)8-4-5-10(13)14-6-8/h4-7H,1-3H3,(H,15,16). The third-order valence-corrected chi connectivity index (χ3v) is 4.94. The van der Waals surface area contributed by atoms with E-state index in [4.69, 9.17) is 11.6 Å². The molecule has 108 valence electrons. The number of anilines is 1.